The molecule has 0 saturated heterocycles. The summed E-state index contributed by atoms with van der Waals surface area (Å²) in [7, 11) is 0. The van der Waals surface area contributed by atoms with E-state index in [4.69, 9.17) is 10.2 Å². The van der Waals surface area contributed by atoms with Gasteiger partial charge in [0.2, 0.25) is 0 Å². The smallest absolute Gasteiger partial charge is 0.547 e. The molecule has 0 aromatic heterocycles. The Kier molecular flexibility index (Phi) is 13.9. The molecule has 0 aromatic rings. The van der Waals surface area contributed by atoms with Crippen molar-refractivity contribution in [2.24, 2.45) is 0 Å². The zero-order valence-electron chi connectivity index (χ0n) is 5.84. The molecule has 2 unspecified atom stereocenters. The summed E-state index contributed by atoms with van der Waals surface area (Å²) in [6.45, 7) is 0. The standard InChI is InChI=1S/C4H6O6.Ba.Sb/c5-1(3(7)8)2(6)4(9)10;;/h1-2,5-6H,(H,7,8)(H,9,10);;/q;+2;+3/p-2. The molecule has 0 saturated carbocycles. The van der Waals surface area contributed by atoms with Crippen LogP contribution >= 0.6 is 0 Å². The Morgan fingerprint density at radius 3 is 1.25 bits per heavy atom. The van der Waals surface area contributed by atoms with Crippen molar-refractivity contribution in [3.8, 4) is 0 Å². The monoisotopic (exact) mass is 407 g/mol. The Morgan fingerprint density at radius 2 is 1.17 bits per heavy atom. The van der Waals surface area contributed by atoms with Gasteiger partial charge in [-0.1, -0.05) is 0 Å². The molecule has 0 rings (SSSR count). The van der Waals surface area contributed by atoms with Crippen LogP contribution in [0.1, 0.15) is 0 Å². The van der Waals surface area contributed by atoms with E-state index in [1.165, 1.54) is 0 Å². The quantitative estimate of drug-likeness (QED) is 0.451. The van der Waals surface area contributed by atoms with Crippen molar-refractivity contribution in [1.82, 2.24) is 0 Å². The molecule has 0 bridgehead atoms. The average Bonchev–Trinajstić information content (AvgIpc) is 1.84. The molecule has 2 radical (unpaired) electrons. The van der Waals surface area contributed by atoms with Crippen LogP contribution in [0.25, 0.3) is 0 Å². The number of hydrogen-bond acceptors (Lipinski definition) is 6. The van der Waals surface area contributed by atoms with E-state index < -0.39 is 24.1 Å². The van der Waals surface area contributed by atoms with Crippen LogP contribution in [0.15, 0.2) is 0 Å². The maximum atomic E-state index is 9.63. The first kappa shape index (κ1) is 18.9. The summed E-state index contributed by atoms with van der Waals surface area (Å²) in [4.78, 5) is 19.3. The normalized spacial score (nSPS) is 13.2. The van der Waals surface area contributed by atoms with E-state index in [-0.39, 0.29) is 73.3 Å². The molecular weight excluding hydrogens is 403 g/mol. The first-order valence-corrected chi connectivity index (χ1v) is 2.24. The second kappa shape index (κ2) is 8.83. The number of rotatable bonds is 3. The zero-order chi connectivity index (χ0) is 8.31. The van der Waals surface area contributed by atoms with Crippen LogP contribution < -0.4 is 10.2 Å². The van der Waals surface area contributed by atoms with Gasteiger partial charge in [0.15, 0.2) is 0 Å². The Balaban J connectivity index is -0.000000405. The van der Waals surface area contributed by atoms with Crippen LogP contribution in [-0.2, 0) is 9.59 Å². The molecule has 0 amide bonds. The SMILES string of the molecule is O=C([O-])C(O)C(O)C(=O)[O-].[Ba+2].[Sb+3]. The van der Waals surface area contributed by atoms with Gasteiger partial charge in [0.25, 0.3) is 0 Å². The minimum Gasteiger partial charge on any atom is -0.547 e. The van der Waals surface area contributed by atoms with E-state index in [1.807, 2.05) is 0 Å². The predicted molar refractivity (Wildman–Crippen MR) is 33.5 cm³/mol. The summed E-state index contributed by atoms with van der Waals surface area (Å²) in [6.07, 6.45) is -4.88. The van der Waals surface area contributed by atoms with Crippen molar-refractivity contribution >= 4 is 85.2 Å². The van der Waals surface area contributed by atoms with Gasteiger partial charge in [-0.25, -0.2) is 0 Å². The Morgan fingerprint density at radius 1 is 1.00 bits per heavy atom. The van der Waals surface area contributed by atoms with Gasteiger partial charge >= 0.3 is 73.3 Å². The molecule has 2 N–H and O–H groups in total. The average molecular weight is 407 g/mol. The number of aliphatic hydroxyl groups is 2. The number of carboxylic acids is 2. The molecule has 0 fully saturated rings. The fourth-order valence-electron chi connectivity index (χ4n) is 0.258. The van der Waals surface area contributed by atoms with E-state index in [9.17, 15) is 19.8 Å². The third kappa shape index (κ3) is 6.73. The maximum absolute atomic E-state index is 9.63. The van der Waals surface area contributed by atoms with Crippen LogP contribution in [0.2, 0.25) is 0 Å². The molecular formula is C4H4BaO6Sb+3. The molecule has 0 aromatic carbocycles. The number of carbonyl (C=O) groups excluding carboxylic acids is 2. The van der Waals surface area contributed by atoms with Crippen molar-refractivity contribution < 1.29 is 30.0 Å². The van der Waals surface area contributed by atoms with Gasteiger partial charge in [-0.05, 0) is 0 Å². The molecule has 0 aliphatic heterocycles. The van der Waals surface area contributed by atoms with Crippen molar-refractivity contribution in [2.45, 2.75) is 12.2 Å². The number of aliphatic hydroxyl groups excluding tert-OH is 2. The second-order valence-electron chi connectivity index (χ2n) is 1.53. The number of carboxylic acid groups (broad SMARTS) is 2. The van der Waals surface area contributed by atoms with Gasteiger partial charge in [0, 0.05) is 0 Å². The topological polar surface area (TPSA) is 121 Å². The maximum Gasteiger partial charge on any atom is 3.00 e. The van der Waals surface area contributed by atoms with Crippen molar-refractivity contribution in [1.29, 1.82) is 0 Å². The fraction of sp³-hybridized carbons (Fsp3) is 0.500. The van der Waals surface area contributed by atoms with Gasteiger partial charge in [-0.15, -0.1) is 0 Å². The predicted octanol–water partition coefficient (Wildman–Crippen LogP) is -5.55. The molecule has 60 valence electrons. The second-order valence-corrected chi connectivity index (χ2v) is 1.53. The summed E-state index contributed by atoms with van der Waals surface area (Å²) in [5.41, 5.74) is 0. The molecule has 0 heterocycles. The van der Waals surface area contributed by atoms with E-state index in [2.05, 4.69) is 0 Å². The van der Waals surface area contributed by atoms with Gasteiger partial charge < -0.3 is 30.0 Å². The summed E-state index contributed by atoms with van der Waals surface area (Å²) >= 11 is 0. The first-order chi connectivity index (χ1) is 4.46. The largest absolute Gasteiger partial charge is 3.00 e. The molecule has 12 heavy (non-hydrogen) atoms. The molecule has 0 aliphatic rings. The number of carbonyl (C=O) groups is 2. The van der Waals surface area contributed by atoms with Crippen LogP contribution in [-0.4, -0.2) is 108 Å². The Labute approximate surface area is 125 Å². The molecule has 8 heteroatoms. The van der Waals surface area contributed by atoms with Crippen molar-refractivity contribution in [3.05, 3.63) is 0 Å². The molecule has 0 aliphatic carbocycles. The van der Waals surface area contributed by atoms with Gasteiger partial charge in [0.1, 0.15) is 12.2 Å². The van der Waals surface area contributed by atoms with Crippen LogP contribution in [0.4, 0.5) is 0 Å². The number of aliphatic carboxylic acids is 2. The minimum absolute atomic E-state index is 0. The summed E-state index contributed by atoms with van der Waals surface area (Å²) < 4.78 is 0. The van der Waals surface area contributed by atoms with Crippen molar-refractivity contribution in [3.63, 3.8) is 0 Å². The van der Waals surface area contributed by atoms with Gasteiger partial charge in [0.05, 0.1) is 11.9 Å². The molecule has 2 atom stereocenters. The zero-order valence-corrected chi connectivity index (χ0v) is 12.8. The van der Waals surface area contributed by atoms with Crippen LogP contribution in [0.3, 0.4) is 0 Å². The van der Waals surface area contributed by atoms with E-state index in [0.29, 0.717) is 0 Å². The number of hydrogen-bond donors (Lipinski definition) is 2. The minimum atomic E-state index is -2.44. The first-order valence-electron chi connectivity index (χ1n) is 2.24. The fourth-order valence-corrected chi connectivity index (χ4v) is 0.258. The third-order valence-electron chi connectivity index (χ3n) is 0.782. The molecule has 6 nitrogen and oxygen atoms in total. The third-order valence-corrected chi connectivity index (χ3v) is 0.782. The van der Waals surface area contributed by atoms with E-state index in [0.717, 1.165) is 0 Å². The Hall–Kier alpha value is 1.25. The van der Waals surface area contributed by atoms with Crippen molar-refractivity contribution in [2.75, 3.05) is 0 Å². The summed E-state index contributed by atoms with van der Waals surface area (Å²) in [5.74, 6) is -4.12. The Bertz CT molecular complexity index is 144. The molecule has 0 spiro atoms. The van der Waals surface area contributed by atoms with E-state index >= 15 is 0 Å². The van der Waals surface area contributed by atoms with E-state index in [1.54, 1.807) is 0 Å². The van der Waals surface area contributed by atoms with Gasteiger partial charge in [-0.3, -0.25) is 0 Å². The van der Waals surface area contributed by atoms with Gasteiger partial charge in [-0.2, -0.15) is 0 Å². The summed E-state index contributed by atoms with van der Waals surface area (Å²) in [6, 6.07) is 0. The van der Waals surface area contributed by atoms with Crippen LogP contribution in [0.5, 0.6) is 0 Å². The van der Waals surface area contributed by atoms with Crippen LogP contribution in [0, 0.1) is 0 Å². The summed E-state index contributed by atoms with van der Waals surface area (Å²) in [5, 5.41) is 35.7.